The molecule has 0 saturated heterocycles. The van der Waals surface area contributed by atoms with Gasteiger partial charge in [0.15, 0.2) is 0 Å². The van der Waals surface area contributed by atoms with Crippen LogP contribution in [-0.2, 0) is 0 Å². The van der Waals surface area contributed by atoms with Gasteiger partial charge in [0.1, 0.15) is 6.10 Å². The van der Waals surface area contributed by atoms with Crippen LogP contribution in [0.5, 0.6) is 0 Å². The minimum Gasteiger partial charge on any atom is -0.394 e. The van der Waals surface area contributed by atoms with Crippen molar-refractivity contribution in [3.63, 3.8) is 0 Å². The Morgan fingerprint density at radius 1 is 0.833 bits per heavy atom. The summed E-state index contributed by atoms with van der Waals surface area (Å²) in [5.74, 6) is 0.330. The predicted molar refractivity (Wildman–Crippen MR) is 47.1 cm³/mol. The van der Waals surface area contributed by atoms with Crippen LogP contribution >= 0.6 is 12.6 Å². The Hall–Kier alpha value is 0.150. The van der Waals surface area contributed by atoms with Crippen LogP contribution in [-0.4, -0.2) is 63.3 Å². The Bertz CT molecular complexity index is 64.3. The quantitative estimate of drug-likeness (QED) is 0.284. The maximum Gasteiger partial charge on any atom is 0.100 e. The van der Waals surface area contributed by atoms with E-state index in [-0.39, 0.29) is 19.8 Å². The largest absolute Gasteiger partial charge is 0.394 e. The van der Waals surface area contributed by atoms with Crippen molar-refractivity contribution in [1.29, 1.82) is 0 Å². The van der Waals surface area contributed by atoms with Gasteiger partial charge in [-0.05, 0) is 0 Å². The molecule has 0 heterocycles. The lowest BCUT2D eigenvalue weighted by molar-refractivity contribution is 0.0450. The molecule has 0 radical (unpaired) electrons. The van der Waals surface area contributed by atoms with Gasteiger partial charge in [-0.15, -0.1) is 0 Å². The molecule has 0 bridgehead atoms. The van der Waals surface area contributed by atoms with Crippen LogP contribution in [0, 0.1) is 0 Å². The molecule has 76 valence electrons. The topological polar surface area (TPSA) is 101 Å². The zero-order valence-electron chi connectivity index (χ0n) is 6.67. The molecule has 1 atom stereocenters. The molecule has 0 aromatic heterocycles. The molecule has 0 amide bonds. The first kappa shape index (κ1) is 14.7. The SMILES string of the molecule is OCC(O)CO.OCC(O)CS. The fraction of sp³-hybridized carbons (Fsp3) is 1.00. The number of aliphatic hydroxyl groups is 5. The van der Waals surface area contributed by atoms with Gasteiger partial charge in [0.25, 0.3) is 0 Å². The van der Waals surface area contributed by atoms with Gasteiger partial charge in [-0.3, -0.25) is 0 Å². The number of hydrogen-bond donors (Lipinski definition) is 6. The molecular weight excluding hydrogens is 184 g/mol. The van der Waals surface area contributed by atoms with Gasteiger partial charge in [-0.25, -0.2) is 0 Å². The first-order chi connectivity index (χ1) is 5.62. The molecule has 0 aliphatic carbocycles. The highest BCUT2D eigenvalue weighted by Crippen LogP contribution is 1.81. The van der Waals surface area contributed by atoms with Gasteiger partial charge >= 0.3 is 0 Å². The van der Waals surface area contributed by atoms with Gasteiger partial charge in [-0.1, -0.05) is 0 Å². The molecule has 12 heavy (non-hydrogen) atoms. The van der Waals surface area contributed by atoms with Crippen LogP contribution in [0.2, 0.25) is 0 Å². The molecular formula is C6H16O5S. The highest BCUT2D eigenvalue weighted by molar-refractivity contribution is 7.80. The van der Waals surface area contributed by atoms with Crippen molar-refractivity contribution in [2.75, 3.05) is 25.6 Å². The van der Waals surface area contributed by atoms with Gasteiger partial charge < -0.3 is 25.5 Å². The average molecular weight is 200 g/mol. The van der Waals surface area contributed by atoms with Crippen LogP contribution in [0.1, 0.15) is 0 Å². The van der Waals surface area contributed by atoms with Gasteiger partial charge in [0.05, 0.1) is 25.9 Å². The summed E-state index contributed by atoms with van der Waals surface area (Å²) < 4.78 is 0. The third kappa shape index (κ3) is 12.8. The molecule has 5 nitrogen and oxygen atoms in total. The summed E-state index contributed by atoms with van der Waals surface area (Å²) in [7, 11) is 0. The van der Waals surface area contributed by atoms with Crippen LogP contribution in [0.3, 0.4) is 0 Å². The van der Waals surface area contributed by atoms with Crippen molar-refractivity contribution in [2.24, 2.45) is 0 Å². The molecule has 6 heteroatoms. The van der Waals surface area contributed by atoms with Crippen molar-refractivity contribution in [2.45, 2.75) is 12.2 Å². The molecule has 0 aromatic rings. The Balaban J connectivity index is 0. The highest BCUT2D eigenvalue weighted by atomic mass is 32.1. The minimum absolute atomic E-state index is 0.191. The molecule has 0 aliphatic heterocycles. The molecule has 0 aromatic carbocycles. The van der Waals surface area contributed by atoms with E-state index in [1.807, 2.05) is 0 Å². The van der Waals surface area contributed by atoms with Crippen LogP contribution in [0.4, 0.5) is 0 Å². The van der Waals surface area contributed by atoms with E-state index in [9.17, 15) is 0 Å². The van der Waals surface area contributed by atoms with E-state index in [0.29, 0.717) is 5.75 Å². The minimum atomic E-state index is -0.954. The van der Waals surface area contributed by atoms with Crippen LogP contribution < -0.4 is 0 Å². The zero-order valence-corrected chi connectivity index (χ0v) is 7.56. The average Bonchev–Trinajstić information content (AvgIpc) is 2.16. The van der Waals surface area contributed by atoms with Crippen molar-refractivity contribution in [3.8, 4) is 0 Å². The molecule has 1 unspecified atom stereocenters. The van der Waals surface area contributed by atoms with E-state index >= 15 is 0 Å². The summed E-state index contributed by atoms with van der Waals surface area (Å²) in [6.45, 7) is -0.920. The standard InChI is InChI=1S/C3H8O3.C3H8O2S/c4-1-3(6)2-5;4-1-3(5)2-6/h2*3-6H,1-2H2. The highest BCUT2D eigenvalue weighted by Gasteiger charge is 1.94. The van der Waals surface area contributed by atoms with Gasteiger partial charge in [0, 0.05) is 5.75 Å². The third-order valence-corrected chi connectivity index (χ3v) is 1.26. The van der Waals surface area contributed by atoms with Crippen LogP contribution in [0.15, 0.2) is 0 Å². The van der Waals surface area contributed by atoms with Crippen LogP contribution in [0.25, 0.3) is 0 Å². The van der Waals surface area contributed by atoms with Crippen molar-refractivity contribution in [3.05, 3.63) is 0 Å². The Morgan fingerprint density at radius 3 is 1.17 bits per heavy atom. The molecule has 0 saturated carbocycles. The Kier molecular flexibility index (Phi) is 13.6. The molecule has 0 aliphatic rings. The summed E-state index contributed by atoms with van der Waals surface area (Å²) in [5.41, 5.74) is 0. The van der Waals surface area contributed by atoms with Crippen molar-refractivity contribution >= 4 is 12.6 Å². The molecule has 0 fully saturated rings. The second-order valence-electron chi connectivity index (χ2n) is 2.04. The summed E-state index contributed by atoms with van der Waals surface area (Å²) in [5, 5.41) is 40.4. The first-order valence-electron chi connectivity index (χ1n) is 3.41. The zero-order chi connectivity index (χ0) is 9.98. The molecule has 0 spiro atoms. The summed E-state index contributed by atoms with van der Waals surface area (Å²) in [4.78, 5) is 0. The maximum atomic E-state index is 8.34. The van der Waals surface area contributed by atoms with Crippen molar-refractivity contribution < 1.29 is 25.5 Å². The van der Waals surface area contributed by atoms with E-state index in [2.05, 4.69) is 12.6 Å². The van der Waals surface area contributed by atoms with E-state index in [1.165, 1.54) is 0 Å². The smallest absolute Gasteiger partial charge is 0.100 e. The fourth-order valence-electron chi connectivity index (χ4n) is 0.115. The van der Waals surface area contributed by atoms with Gasteiger partial charge in [0.2, 0.25) is 0 Å². The summed E-state index contributed by atoms with van der Waals surface area (Å²) in [6.07, 6.45) is -1.60. The normalized spacial score (nSPS) is 12.2. The summed E-state index contributed by atoms with van der Waals surface area (Å²) >= 11 is 3.69. The van der Waals surface area contributed by atoms with E-state index < -0.39 is 12.2 Å². The fourth-order valence-corrected chi connectivity index (χ4v) is 0.231. The maximum absolute atomic E-state index is 8.34. The van der Waals surface area contributed by atoms with E-state index in [0.717, 1.165) is 0 Å². The summed E-state index contributed by atoms with van der Waals surface area (Å²) in [6, 6.07) is 0. The van der Waals surface area contributed by atoms with Gasteiger partial charge in [-0.2, -0.15) is 12.6 Å². The first-order valence-corrected chi connectivity index (χ1v) is 4.05. The second kappa shape index (κ2) is 11.2. The predicted octanol–water partition coefficient (Wildman–Crippen LogP) is -2.40. The second-order valence-corrected chi connectivity index (χ2v) is 2.40. The number of rotatable bonds is 4. The van der Waals surface area contributed by atoms with E-state index in [4.69, 9.17) is 25.5 Å². The molecule has 0 rings (SSSR count). The number of thiol groups is 1. The number of aliphatic hydroxyl groups excluding tert-OH is 5. The lowest BCUT2D eigenvalue weighted by Gasteiger charge is -1.96. The molecule has 5 N–H and O–H groups in total. The Labute approximate surface area is 76.7 Å². The Morgan fingerprint density at radius 2 is 1.17 bits per heavy atom. The lowest BCUT2D eigenvalue weighted by atomic mass is 10.4. The van der Waals surface area contributed by atoms with Crippen molar-refractivity contribution in [1.82, 2.24) is 0 Å². The third-order valence-electron chi connectivity index (χ3n) is 0.843. The lowest BCUT2D eigenvalue weighted by Crippen LogP contribution is -2.15. The monoisotopic (exact) mass is 200 g/mol. The number of hydrogen-bond acceptors (Lipinski definition) is 6. The van der Waals surface area contributed by atoms with E-state index in [1.54, 1.807) is 0 Å².